The van der Waals surface area contributed by atoms with E-state index in [-0.39, 0.29) is 5.56 Å². The van der Waals surface area contributed by atoms with Crippen LogP contribution in [-0.2, 0) is 10.0 Å². The van der Waals surface area contributed by atoms with Crippen molar-refractivity contribution in [3.63, 3.8) is 0 Å². The largest absolute Gasteiger partial charge is 0.858 e. The van der Waals surface area contributed by atoms with Gasteiger partial charge in [0.2, 0.25) is 0 Å². The van der Waals surface area contributed by atoms with Gasteiger partial charge in [0.05, 0.1) is 0 Å². The molecular formula is C16H11F3NO3S-. The van der Waals surface area contributed by atoms with Crippen LogP contribution in [-0.4, -0.2) is 19.8 Å². The molecule has 8 heteroatoms. The highest BCUT2D eigenvalue weighted by atomic mass is 32.2. The van der Waals surface area contributed by atoms with Crippen LogP contribution in [0.25, 0.3) is 5.57 Å². The average molecular weight is 354 g/mol. The number of hydrogen-bond acceptors (Lipinski definition) is 3. The molecule has 2 aromatic rings. The molecule has 0 saturated heterocycles. The summed E-state index contributed by atoms with van der Waals surface area (Å²) in [4.78, 5) is 0. The van der Waals surface area contributed by atoms with E-state index in [2.05, 4.69) is 11.0 Å². The van der Waals surface area contributed by atoms with Crippen LogP contribution in [0.1, 0.15) is 16.7 Å². The number of sulfonamides is 1. The fourth-order valence-electron chi connectivity index (χ4n) is 1.83. The summed E-state index contributed by atoms with van der Waals surface area (Å²) < 4.78 is 60.7. The number of alkyl halides is 3. The Kier molecular flexibility index (Phi) is 4.79. The first kappa shape index (κ1) is 17.7. The Morgan fingerprint density at radius 1 is 0.917 bits per heavy atom. The predicted molar refractivity (Wildman–Crippen MR) is 82.5 cm³/mol. The SMILES string of the molecule is C=C(c1ccccc1)c1ccc(/C([O-])=N/S(=O)(=O)C(F)(F)F)cc1. The van der Waals surface area contributed by atoms with Crippen molar-refractivity contribution >= 4 is 21.5 Å². The molecule has 2 aromatic carbocycles. The molecule has 0 aliphatic carbocycles. The Labute approximate surface area is 136 Å². The van der Waals surface area contributed by atoms with Crippen molar-refractivity contribution in [2.24, 2.45) is 4.40 Å². The molecule has 0 saturated carbocycles. The molecule has 0 bridgehead atoms. The fourth-order valence-corrected chi connectivity index (χ4v) is 2.26. The highest BCUT2D eigenvalue weighted by Crippen LogP contribution is 2.25. The minimum absolute atomic E-state index is 0.271. The molecule has 0 N–H and O–H groups in total. The minimum Gasteiger partial charge on any atom is -0.858 e. The third-order valence-corrected chi connectivity index (χ3v) is 4.09. The number of nitrogens with zero attached hydrogens (tertiary/aromatic N) is 1. The topological polar surface area (TPSA) is 69.6 Å². The number of halogens is 3. The predicted octanol–water partition coefficient (Wildman–Crippen LogP) is 2.70. The van der Waals surface area contributed by atoms with Gasteiger partial charge in [0.15, 0.2) is 0 Å². The molecule has 0 fully saturated rings. The molecular weight excluding hydrogens is 343 g/mol. The molecule has 2 rings (SSSR count). The van der Waals surface area contributed by atoms with Crippen molar-refractivity contribution in [1.29, 1.82) is 0 Å². The van der Waals surface area contributed by atoms with Crippen LogP contribution in [0, 0.1) is 0 Å². The summed E-state index contributed by atoms with van der Waals surface area (Å²) in [5, 5.41) is 11.6. The summed E-state index contributed by atoms with van der Waals surface area (Å²) >= 11 is 0. The van der Waals surface area contributed by atoms with Gasteiger partial charge in [-0.3, -0.25) is 0 Å². The van der Waals surface area contributed by atoms with E-state index in [0.29, 0.717) is 11.1 Å². The molecule has 0 aromatic heterocycles. The van der Waals surface area contributed by atoms with Crippen molar-refractivity contribution < 1.29 is 26.7 Å². The van der Waals surface area contributed by atoms with Crippen LogP contribution >= 0.6 is 0 Å². The van der Waals surface area contributed by atoms with Crippen molar-refractivity contribution in [1.82, 2.24) is 0 Å². The lowest BCUT2D eigenvalue weighted by atomic mass is 9.99. The minimum atomic E-state index is -5.86. The lowest BCUT2D eigenvalue weighted by Gasteiger charge is -2.13. The molecule has 126 valence electrons. The van der Waals surface area contributed by atoms with Gasteiger partial charge < -0.3 is 5.11 Å². The van der Waals surface area contributed by atoms with Gasteiger partial charge in [-0.25, -0.2) is 0 Å². The van der Waals surface area contributed by atoms with Crippen molar-refractivity contribution in [2.75, 3.05) is 0 Å². The second-order valence-corrected chi connectivity index (χ2v) is 6.33. The lowest BCUT2D eigenvalue weighted by Crippen LogP contribution is -2.27. The smallest absolute Gasteiger partial charge is 0.518 e. The maximum Gasteiger partial charge on any atom is 0.518 e. The second-order valence-electron chi connectivity index (χ2n) is 4.74. The molecule has 0 unspecified atom stereocenters. The summed E-state index contributed by atoms with van der Waals surface area (Å²) in [6.45, 7) is 3.91. The van der Waals surface area contributed by atoms with E-state index in [1.807, 2.05) is 30.3 Å². The van der Waals surface area contributed by atoms with Crippen molar-refractivity contribution in [2.45, 2.75) is 5.51 Å². The fraction of sp³-hybridized carbons (Fsp3) is 0.0625. The average Bonchev–Trinajstić information content (AvgIpc) is 2.53. The van der Waals surface area contributed by atoms with E-state index in [1.165, 1.54) is 24.3 Å². The Morgan fingerprint density at radius 3 is 1.88 bits per heavy atom. The molecule has 0 radical (unpaired) electrons. The van der Waals surface area contributed by atoms with Gasteiger partial charge in [-0.2, -0.15) is 26.0 Å². The third kappa shape index (κ3) is 3.83. The third-order valence-electron chi connectivity index (χ3n) is 3.10. The first-order chi connectivity index (χ1) is 11.1. The summed E-state index contributed by atoms with van der Waals surface area (Å²) in [6, 6.07) is 14.4. The van der Waals surface area contributed by atoms with E-state index in [9.17, 15) is 26.7 Å². The first-order valence-electron chi connectivity index (χ1n) is 6.55. The molecule has 0 heterocycles. The summed E-state index contributed by atoms with van der Waals surface area (Å²) in [7, 11) is -5.86. The zero-order valence-electron chi connectivity index (χ0n) is 12.1. The monoisotopic (exact) mass is 354 g/mol. The van der Waals surface area contributed by atoms with Gasteiger partial charge in [0, 0.05) is 5.90 Å². The normalized spacial score (nSPS) is 12.9. The van der Waals surface area contributed by atoms with Crippen molar-refractivity contribution in [3.05, 3.63) is 77.9 Å². The maximum atomic E-state index is 12.2. The molecule has 24 heavy (non-hydrogen) atoms. The molecule has 0 atom stereocenters. The Bertz CT molecular complexity index is 871. The van der Waals surface area contributed by atoms with Gasteiger partial charge >= 0.3 is 15.5 Å². The van der Waals surface area contributed by atoms with Gasteiger partial charge in [-0.1, -0.05) is 61.2 Å². The molecule has 0 aliphatic heterocycles. The van der Waals surface area contributed by atoms with Crippen LogP contribution in [0.15, 0.2) is 65.6 Å². The summed E-state index contributed by atoms with van der Waals surface area (Å²) in [5.41, 5.74) is -3.76. The van der Waals surface area contributed by atoms with E-state index < -0.39 is 21.4 Å². The zero-order chi connectivity index (χ0) is 18.0. The van der Waals surface area contributed by atoms with Crippen molar-refractivity contribution in [3.8, 4) is 0 Å². The molecule has 0 aliphatic rings. The quantitative estimate of drug-likeness (QED) is 0.626. The number of rotatable bonds is 4. The summed E-state index contributed by atoms with van der Waals surface area (Å²) in [6.07, 6.45) is 0. The zero-order valence-corrected chi connectivity index (χ0v) is 12.9. The molecule has 4 nitrogen and oxygen atoms in total. The van der Waals surface area contributed by atoms with Gasteiger partial charge in [0.25, 0.3) is 0 Å². The van der Waals surface area contributed by atoms with Gasteiger partial charge in [-0.15, -0.1) is 0 Å². The Morgan fingerprint density at radius 2 is 1.38 bits per heavy atom. The highest BCUT2D eigenvalue weighted by Gasteiger charge is 2.45. The van der Waals surface area contributed by atoms with Crippen LogP contribution < -0.4 is 5.11 Å². The van der Waals surface area contributed by atoms with Crippen LogP contribution in [0.5, 0.6) is 0 Å². The van der Waals surface area contributed by atoms with Crippen LogP contribution in [0.4, 0.5) is 13.2 Å². The lowest BCUT2D eigenvalue weighted by molar-refractivity contribution is -0.212. The molecule has 0 amide bonds. The summed E-state index contributed by atoms with van der Waals surface area (Å²) in [5.74, 6) is -1.48. The molecule has 0 spiro atoms. The Balaban J connectivity index is 2.28. The number of hydrogen-bond donors (Lipinski definition) is 0. The second kappa shape index (κ2) is 6.48. The van der Waals surface area contributed by atoms with E-state index in [0.717, 1.165) is 5.56 Å². The van der Waals surface area contributed by atoms with Gasteiger partial charge in [0.1, 0.15) is 0 Å². The maximum absolute atomic E-state index is 12.2. The van der Waals surface area contributed by atoms with Gasteiger partial charge in [-0.05, 0) is 22.3 Å². The van der Waals surface area contributed by atoms with E-state index in [4.69, 9.17) is 0 Å². The van der Waals surface area contributed by atoms with E-state index >= 15 is 0 Å². The van der Waals surface area contributed by atoms with Crippen LogP contribution in [0.2, 0.25) is 0 Å². The number of benzene rings is 2. The van der Waals surface area contributed by atoms with Crippen LogP contribution in [0.3, 0.4) is 0 Å². The standard InChI is InChI=1S/C16H12F3NO3S/c1-11(12-5-3-2-4-6-12)13-7-9-14(10-8-13)15(21)20-24(22,23)16(17,18)19/h2-10H,1H2,(H,20,21)/p-1. The Hall–Kier alpha value is -2.61. The first-order valence-corrected chi connectivity index (χ1v) is 7.99. The van der Waals surface area contributed by atoms with E-state index in [1.54, 1.807) is 0 Å². The highest BCUT2D eigenvalue weighted by molar-refractivity contribution is 7.91.